The Balaban J connectivity index is 2.25. The van der Waals surface area contributed by atoms with Crippen LogP contribution >= 0.6 is 0 Å². The summed E-state index contributed by atoms with van der Waals surface area (Å²) in [4.78, 5) is 0. The van der Waals surface area contributed by atoms with E-state index in [2.05, 4.69) is 18.3 Å². The highest BCUT2D eigenvalue weighted by atomic mass is 16.5. The number of rotatable bonds is 3. The first-order valence-corrected chi connectivity index (χ1v) is 5.99. The van der Waals surface area contributed by atoms with Crippen LogP contribution in [0.5, 0.6) is 0 Å². The van der Waals surface area contributed by atoms with E-state index < -0.39 is 0 Å². The van der Waals surface area contributed by atoms with E-state index in [1.54, 1.807) is 0 Å². The van der Waals surface area contributed by atoms with E-state index in [1.807, 2.05) is 20.9 Å². The van der Waals surface area contributed by atoms with E-state index in [0.29, 0.717) is 18.1 Å². The molecule has 90 valence electrons. The SMILES string of the molecule is CNC(c1cc(C)oc1C)C1CCOC1C. The minimum Gasteiger partial charge on any atom is -0.466 e. The van der Waals surface area contributed by atoms with Crippen molar-refractivity contribution in [1.82, 2.24) is 5.32 Å². The van der Waals surface area contributed by atoms with Crippen molar-refractivity contribution < 1.29 is 9.15 Å². The zero-order chi connectivity index (χ0) is 11.7. The predicted molar refractivity (Wildman–Crippen MR) is 63.5 cm³/mol. The molecule has 3 nitrogen and oxygen atoms in total. The summed E-state index contributed by atoms with van der Waals surface area (Å²) in [5, 5.41) is 3.40. The first-order valence-electron chi connectivity index (χ1n) is 5.99. The normalized spacial score (nSPS) is 27.2. The molecule has 0 aromatic carbocycles. The van der Waals surface area contributed by atoms with Crippen LogP contribution in [0.25, 0.3) is 0 Å². The lowest BCUT2D eigenvalue weighted by Crippen LogP contribution is -2.29. The third kappa shape index (κ3) is 2.02. The van der Waals surface area contributed by atoms with E-state index in [4.69, 9.17) is 9.15 Å². The zero-order valence-electron chi connectivity index (χ0n) is 10.5. The Kier molecular flexibility index (Phi) is 3.36. The maximum absolute atomic E-state index is 5.65. The molecular formula is C13H21NO2. The molecule has 1 saturated heterocycles. The van der Waals surface area contributed by atoms with Crippen molar-refractivity contribution in [1.29, 1.82) is 0 Å². The topological polar surface area (TPSA) is 34.4 Å². The molecule has 1 aromatic rings. The van der Waals surface area contributed by atoms with Crippen molar-refractivity contribution in [3.63, 3.8) is 0 Å². The van der Waals surface area contributed by atoms with E-state index in [9.17, 15) is 0 Å². The molecule has 0 aliphatic carbocycles. The van der Waals surface area contributed by atoms with Crippen LogP contribution in [0.2, 0.25) is 0 Å². The van der Waals surface area contributed by atoms with Gasteiger partial charge in [0.1, 0.15) is 11.5 Å². The Morgan fingerprint density at radius 2 is 2.19 bits per heavy atom. The third-order valence-electron chi connectivity index (χ3n) is 3.59. The van der Waals surface area contributed by atoms with Gasteiger partial charge in [0, 0.05) is 24.1 Å². The molecule has 1 N–H and O–H groups in total. The van der Waals surface area contributed by atoms with Crippen molar-refractivity contribution >= 4 is 0 Å². The fraction of sp³-hybridized carbons (Fsp3) is 0.692. The summed E-state index contributed by atoms with van der Waals surface area (Å²) in [6.07, 6.45) is 1.45. The first-order chi connectivity index (χ1) is 7.63. The molecule has 1 aromatic heterocycles. The van der Waals surface area contributed by atoms with E-state index in [-0.39, 0.29) is 0 Å². The Hall–Kier alpha value is -0.800. The number of ether oxygens (including phenoxy) is 1. The monoisotopic (exact) mass is 223 g/mol. The Labute approximate surface area is 97.2 Å². The van der Waals surface area contributed by atoms with Crippen LogP contribution in [0, 0.1) is 19.8 Å². The number of nitrogens with one attached hydrogen (secondary N) is 1. The Morgan fingerprint density at radius 3 is 2.62 bits per heavy atom. The van der Waals surface area contributed by atoms with Crippen LogP contribution < -0.4 is 5.32 Å². The highest BCUT2D eigenvalue weighted by Gasteiger charge is 2.33. The Morgan fingerprint density at radius 1 is 1.44 bits per heavy atom. The molecule has 2 rings (SSSR count). The fourth-order valence-corrected chi connectivity index (χ4v) is 2.75. The fourth-order valence-electron chi connectivity index (χ4n) is 2.75. The molecular weight excluding hydrogens is 202 g/mol. The molecule has 3 heteroatoms. The van der Waals surface area contributed by atoms with E-state index in [1.165, 1.54) is 5.56 Å². The lowest BCUT2D eigenvalue weighted by atomic mass is 9.88. The molecule has 16 heavy (non-hydrogen) atoms. The summed E-state index contributed by atoms with van der Waals surface area (Å²) in [6, 6.07) is 2.48. The number of hydrogen-bond donors (Lipinski definition) is 1. The zero-order valence-corrected chi connectivity index (χ0v) is 10.5. The van der Waals surface area contributed by atoms with Crippen molar-refractivity contribution in [3.05, 3.63) is 23.2 Å². The average Bonchev–Trinajstić information content (AvgIpc) is 2.77. The summed E-state index contributed by atoms with van der Waals surface area (Å²) in [5.74, 6) is 2.55. The number of hydrogen-bond acceptors (Lipinski definition) is 3. The van der Waals surface area contributed by atoms with Crippen LogP contribution in [0.1, 0.15) is 36.5 Å². The molecule has 0 amide bonds. The second kappa shape index (κ2) is 4.60. The van der Waals surface area contributed by atoms with Gasteiger partial charge in [0.15, 0.2) is 0 Å². The van der Waals surface area contributed by atoms with Crippen molar-refractivity contribution in [2.24, 2.45) is 5.92 Å². The second-order valence-corrected chi connectivity index (χ2v) is 4.66. The van der Waals surface area contributed by atoms with E-state index >= 15 is 0 Å². The molecule has 1 fully saturated rings. The summed E-state index contributed by atoms with van der Waals surface area (Å²) in [7, 11) is 2.01. The second-order valence-electron chi connectivity index (χ2n) is 4.66. The van der Waals surface area contributed by atoms with Gasteiger partial charge in [0.2, 0.25) is 0 Å². The van der Waals surface area contributed by atoms with Crippen molar-refractivity contribution in [2.45, 2.75) is 39.3 Å². The third-order valence-corrected chi connectivity index (χ3v) is 3.59. The molecule has 1 aliphatic rings. The van der Waals surface area contributed by atoms with Gasteiger partial charge in [-0.3, -0.25) is 0 Å². The lowest BCUT2D eigenvalue weighted by molar-refractivity contribution is 0.0961. The van der Waals surface area contributed by atoms with Gasteiger partial charge < -0.3 is 14.5 Å². The average molecular weight is 223 g/mol. The van der Waals surface area contributed by atoms with Gasteiger partial charge >= 0.3 is 0 Å². The smallest absolute Gasteiger partial charge is 0.105 e. The molecule has 1 aliphatic heterocycles. The Bertz CT molecular complexity index is 359. The van der Waals surface area contributed by atoms with Crippen molar-refractivity contribution in [2.75, 3.05) is 13.7 Å². The minimum atomic E-state index is 0.326. The highest BCUT2D eigenvalue weighted by Crippen LogP contribution is 2.35. The molecule has 0 spiro atoms. The van der Waals surface area contributed by atoms with Gasteiger partial charge in [-0.05, 0) is 40.3 Å². The molecule has 0 bridgehead atoms. The quantitative estimate of drug-likeness (QED) is 0.855. The molecule has 2 heterocycles. The predicted octanol–water partition coefficient (Wildman–Crippen LogP) is 2.58. The maximum atomic E-state index is 5.65. The summed E-state index contributed by atoms with van der Waals surface area (Å²) in [6.45, 7) is 7.06. The molecule has 3 unspecified atom stereocenters. The lowest BCUT2D eigenvalue weighted by Gasteiger charge is -2.25. The van der Waals surface area contributed by atoms with Crippen LogP contribution in [0.3, 0.4) is 0 Å². The summed E-state index contributed by atoms with van der Waals surface area (Å²) in [5.41, 5.74) is 1.28. The molecule has 3 atom stereocenters. The van der Waals surface area contributed by atoms with Gasteiger partial charge in [0.25, 0.3) is 0 Å². The molecule has 0 radical (unpaired) electrons. The van der Waals surface area contributed by atoms with E-state index in [0.717, 1.165) is 24.5 Å². The standard InChI is InChI=1S/C13H21NO2/c1-8-7-12(10(3)16-8)13(14-4)11-5-6-15-9(11)2/h7,9,11,13-14H,5-6H2,1-4H3. The van der Waals surface area contributed by atoms with Gasteiger partial charge in [0.05, 0.1) is 6.10 Å². The first kappa shape index (κ1) is 11.7. The maximum Gasteiger partial charge on any atom is 0.105 e. The van der Waals surface area contributed by atoms with Crippen LogP contribution in [0.15, 0.2) is 10.5 Å². The van der Waals surface area contributed by atoms with Crippen LogP contribution in [-0.4, -0.2) is 19.8 Å². The van der Waals surface area contributed by atoms with Gasteiger partial charge in [-0.15, -0.1) is 0 Å². The summed E-state index contributed by atoms with van der Waals surface area (Å²) < 4.78 is 11.3. The number of furan rings is 1. The van der Waals surface area contributed by atoms with Crippen LogP contribution in [-0.2, 0) is 4.74 Å². The minimum absolute atomic E-state index is 0.326. The number of aryl methyl sites for hydroxylation is 2. The largest absolute Gasteiger partial charge is 0.466 e. The van der Waals surface area contributed by atoms with Crippen LogP contribution in [0.4, 0.5) is 0 Å². The molecule has 0 saturated carbocycles. The van der Waals surface area contributed by atoms with Gasteiger partial charge in [-0.25, -0.2) is 0 Å². The van der Waals surface area contributed by atoms with Gasteiger partial charge in [-0.1, -0.05) is 0 Å². The summed E-state index contributed by atoms with van der Waals surface area (Å²) >= 11 is 0. The van der Waals surface area contributed by atoms with Crippen molar-refractivity contribution in [3.8, 4) is 0 Å². The highest BCUT2D eigenvalue weighted by molar-refractivity contribution is 5.25. The van der Waals surface area contributed by atoms with Gasteiger partial charge in [-0.2, -0.15) is 0 Å².